The molecule has 2 rings (SSSR count). The Balaban J connectivity index is 1.99. The van der Waals surface area contributed by atoms with E-state index in [1.807, 2.05) is 0 Å². The molecule has 2 atom stereocenters. The lowest BCUT2D eigenvalue weighted by Crippen LogP contribution is -2.03. The maximum absolute atomic E-state index is 11.5. The van der Waals surface area contributed by atoms with Gasteiger partial charge in [0, 0.05) is 5.92 Å². The van der Waals surface area contributed by atoms with Crippen molar-refractivity contribution in [2.24, 2.45) is 11.8 Å². The monoisotopic (exact) mass is 150 g/mol. The zero-order chi connectivity index (χ0) is 7.84. The van der Waals surface area contributed by atoms with Gasteiger partial charge in [0.2, 0.25) is 0 Å². The van der Waals surface area contributed by atoms with Crippen molar-refractivity contribution in [1.29, 1.82) is 0 Å². The van der Waals surface area contributed by atoms with Crippen molar-refractivity contribution >= 4 is 5.78 Å². The SMILES string of the molecule is CC1CC1C(=O)C1=CCCC1. The van der Waals surface area contributed by atoms with Crippen LogP contribution in [0.15, 0.2) is 11.6 Å². The second-order valence-electron chi connectivity index (χ2n) is 3.81. The molecular formula is C10H14O. The fraction of sp³-hybridized carbons (Fsp3) is 0.700. The standard InChI is InChI=1S/C10H14O/c1-7-6-9(7)10(11)8-4-2-3-5-8/h4,7,9H,2-3,5-6H2,1H3. The molecule has 0 aliphatic heterocycles. The van der Waals surface area contributed by atoms with E-state index in [-0.39, 0.29) is 0 Å². The Hall–Kier alpha value is -0.590. The molecule has 0 saturated heterocycles. The lowest BCUT2D eigenvalue weighted by Gasteiger charge is -1.97. The number of hydrogen-bond donors (Lipinski definition) is 0. The molecule has 1 nitrogen and oxygen atoms in total. The molecule has 1 heteroatoms. The van der Waals surface area contributed by atoms with Crippen LogP contribution >= 0.6 is 0 Å². The third kappa shape index (κ3) is 1.24. The first kappa shape index (κ1) is 7.08. The van der Waals surface area contributed by atoms with Crippen molar-refractivity contribution in [3.05, 3.63) is 11.6 Å². The Labute approximate surface area is 67.5 Å². The van der Waals surface area contributed by atoms with Gasteiger partial charge < -0.3 is 0 Å². The highest BCUT2D eigenvalue weighted by atomic mass is 16.1. The van der Waals surface area contributed by atoms with Crippen LogP contribution in [0.3, 0.4) is 0 Å². The Bertz CT molecular complexity index is 215. The van der Waals surface area contributed by atoms with Crippen LogP contribution in [-0.4, -0.2) is 5.78 Å². The highest BCUT2D eigenvalue weighted by Crippen LogP contribution is 2.41. The van der Waals surface area contributed by atoms with Crippen LogP contribution in [0, 0.1) is 11.8 Å². The van der Waals surface area contributed by atoms with Crippen molar-refractivity contribution < 1.29 is 4.79 Å². The smallest absolute Gasteiger partial charge is 0.161 e. The van der Waals surface area contributed by atoms with Gasteiger partial charge in [-0.25, -0.2) is 0 Å². The molecule has 2 unspecified atom stereocenters. The Morgan fingerprint density at radius 2 is 2.36 bits per heavy atom. The summed E-state index contributed by atoms with van der Waals surface area (Å²) < 4.78 is 0. The minimum absolute atomic E-state index is 0.402. The fourth-order valence-electron chi connectivity index (χ4n) is 1.82. The summed E-state index contributed by atoms with van der Waals surface area (Å²) in [6.07, 6.45) is 6.63. The van der Waals surface area contributed by atoms with Gasteiger partial charge in [0.05, 0.1) is 0 Å². The first-order valence-corrected chi connectivity index (χ1v) is 4.52. The fourth-order valence-corrected chi connectivity index (χ4v) is 1.82. The number of Topliss-reactive ketones (excluding diaryl/α,β-unsaturated/α-hetero) is 1. The van der Waals surface area contributed by atoms with Gasteiger partial charge in [-0.05, 0) is 37.2 Å². The number of carbonyl (C=O) groups excluding carboxylic acids is 1. The quantitative estimate of drug-likeness (QED) is 0.590. The van der Waals surface area contributed by atoms with Crippen LogP contribution in [0.2, 0.25) is 0 Å². The molecule has 11 heavy (non-hydrogen) atoms. The molecule has 0 bridgehead atoms. The number of carbonyl (C=O) groups is 1. The van der Waals surface area contributed by atoms with E-state index in [4.69, 9.17) is 0 Å². The summed E-state index contributed by atoms with van der Waals surface area (Å²) in [6, 6.07) is 0. The molecule has 0 aromatic heterocycles. The number of rotatable bonds is 2. The van der Waals surface area contributed by atoms with E-state index in [0.29, 0.717) is 17.6 Å². The zero-order valence-corrected chi connectivity index (χ0v) is 6.97. The number of hydrogen-bond acceptors (Lipinski definition) is 1. The first-order chi connectivity index (χ1) is 5.29. The summed E-state index contributed by atoms with van der Waals surface area (Å²) in [4.78, 5) is 11.5. The van der Waals surface area contributed by atoms with Crippen LogP contribution in [0.25, 0.3) is 0 Å². The number of ketones is 1. The second kappa shape index (κ2) is 2.47. The van der Waals surface area contributed by atoms with Crippen LogP contribution in [-0.2, 0) is 4.79 Å². The lowest BCUT2D eigenvalue weighted by atomic mass is 10.1. The highest BCUT2D eigenvalue weighted by molar-refractivity contribution is 5.99. The van der Waals surface area contributed by atoms with Gasteiger partial charge in [0.1, 0.15) is 0 Å². The minimum atomic E-state index is 0.402. The van der Waals surface area contributed by atoms with Gasteiger partial charge in [-0.3, -0.25) is 4.79 Å². The summed E-state index contributed by atoms with van der Waals surface area (Å²) in [5, 5.41) is 0. The molecular weight excluding hydrogens is 136 g/mol. The topological polar surface area (TPSA) is 17.1 Å². The second-order valence-corrected chi connectivity index (χ2v) is 3.81. The van der Waals surface area contributed by atoms with Crippen molar-refractivity contribution in [3.63, 3.8) is 0 Å². The molecule has 0 radical (unpaired) electrons. The van der Waals surface area contributed by atoms with E-state index in [0.717, 1.165) is 24.8 Å². The van der Waals surface area contributed by atoms with E-state index in [1.54, 1.807) is 0 Å². The predicted molar refractivity (Wildman–Crippen MR) is 44.2 cm³/mol. The van der Waals surface area contributed by atoms with Crippen LogP contribution in [0.5, 0.6) is 0 Å². The average Bonchev–Trinajstić information content (AvgIpc) is 2.56. The summed E-state index contributed by atoms with van der Waals surface area (Å²) in [5.41, 5.74) is 1.12. The maximum atomic E-state index is 11.5. The van der Waals surface area contributed by atoms with Crippen molar-refractivity contribution in [1.82, 2.24) is 0 Å². The lowest BCUT2D eigenvalue weighted by molar-refractivity contribution is -0.117. The molecule has 1 fully saturated rings. The van der Waals surface area contributed by atoms with Crippen molar-refractivity contribution in [3.8, 4) is 0 Å². The first-order valence-electron chi connectivity index (χ1n) is 4.52. The minimum Gasteiger partial charge on any atom is -0.294 e. The van der Waals surface area contributed by atoms with E-state index < -0.39 is 0 Å². The van der Waals surface area contributed by atoms with E-state index in [1.165, 1.54) is 6.42 Å². The summed E-state index contributed by atoms with van der Waals surface area (Å²) in [6.45, 7) is 2.16. The Morgan fingerprint density at radius 1 is 1.64 bits per heavy atom. The molecule has 0 N–H and O–H groups in total. The molecule has 2 aliphatic carbocycles. The number of allylic oxidation sites excluding steroid dienone is 2. The van der Waals surface area contributed by atoms with Crippen LogP contribution in [0.4, 0.5) is 0 Å². The third-order valence-electron chi connectivity index (χ3n) is 2.80. The van der Waals surface area contributed by atoms with Gasteiger partial charge in [0.15, 0.2) is 5.78 Å². The van der Waals surface area contributed by atoms with E-state index in [9.17, 15) is 4.79 Å². The molecule has 0 aromatic rings. The molecule has 1 saturated carbocycles. The van der Waals surface area contributed by atoms with Gasteiger partial charge in [-0.1, -0.05) is 13.0 Å². The van der Waals surface area contributed by atoms with E-state index >= 15 is 0 Å². The summed E-state index contributed by atoms with van der Waals surface area (Å²) >= 11 is 0. The molecule has 2 aliphatic rings. The van der Waals surface area contributed by atoms with E-state index in [2.05, 4.69) is 13.0 Å². The largest absolute Gasteiger partial charge is 0.294 e. The molecule has 60 valence electrons. The van der Waals surface area contributed by atoms with Gasteiger partial charge >= 0.3 is 0 Å². The Morgan fingerprint density at radius 3 is 2.82 bits per heavy atom. The third-order valence-corrected chi connectivity index (χ3v) is 2.80. The summed E-state index contributed by atoms with van der Waals surface area (Å²) in [7, 11) is 0. The highest BCUT2D eigenvalue weighted by Gasteiger charge is 2.40. The molecule has 0 amide bonds. The van der Waals surface area contributed by atoms with Crippen molar-refractivity contribution in [2.75, 3.05) is 0 Å². The van der Waals surface area contributed by atoms with Crippen LogP contribution < -0.4 is 0 Å². The average molecular weight is 150 g/mol. The van der Waals surface area contributed by atoms with Gasteiger partial charge in [0.25, 0.3) is 0 Å². The van der Waals surface area contributed by atoms with Crippen LogP contribution in [0.1, 0.15) is 32.6 Å². The maximum Gasteiger partial charge on any atom is 0.161 e. The molecule has 0 heterocycles. The Kier molecular flexibility index (Phi) is 1.59. The predicted octanol–water partition coefficient (Wildman–Crippen LogP) is 2.32. The van der Waals surface area contributed by atoms with Crippen molar-refractivity contribution in [2.45, 2.75) is 32.6 Å². The molecule has 0 aromatic carbocycles. The summed E-state index contributed by atoms with van der Waals surface area (Å²) in [5.74, 6) is 1.53. The van der Waals surface area contributed by atoms with Gasteiger partial charge in [-0.2, -0.15) is 0 Å². The normalized spacial score (nSPS) is 35.2. The zero-order valence-electron chi connectivity index (χ0n) is 6.97. The molecule has 0 spiro atoms. The van der Waals surface area contributed by atoms with Gasteiger partial charge in [-0.15, -0.1) is 0 Å².